The normalized spacial score (nSPS) is 10.8. The number of methoxy groups -OCH3 is 1. The van der Waals surface area contributed by atoms with E-state index in [-0.39, 0.29) is 5.97 Å². The zero-order valence-corrected chi connectivity index (χ0v) is 12.5. The van der Waals surface area contributed by atoms with Gasteiger partial charge in [0.15, 0.2) is 0 Å². The molecule has 0 saturated heterocycles. The maximum absolute atomic E-state index is 11.0. The Balaban J connectivity index is 2.29. The lowest BCUT2D eigenvalue weighted by Gasteiger charge is -2.17. The quantitative estimate of drug-likeness (QED) is 0.708. The van der Waals surface area contributed by atoms with Gasteiger partial charge in [-0.3, -0.25) is 4.79 Å². The number of ether oxygens (including phenoxy) is 1. The molecular weight excluding hydrogens is 238 g/mol. The molecule has 0 aromatic heterocycles. The number of hydrogen-bond acceptors (Lipinski definition) is 3. The molecule has 0 aliphatic rings. The molecule has 3 heteroatoms. The summed E-state index contributed by atoms with van der Waals surface area (Å²) in [5.74, 6) is -0.122. The zero-order valence-electron chi connectivity index (χ0n) is 12.5. The highest BCUT2D eigenvalue weighted by molar-refractivity contribution is 5.69. The maximum atomic E-state index is 11.0. The average molecular weight is 263 g/mol. The Hall–Kier alpha value is -1.35. The van der Waals surface area contributed by atoms with Crippen molar-refractivity contribution < 1.29 is 9.53 Å². The first-order chi connectivity index (χ1) is 9.02. The summed E-state index contributed by atoms with van der Waals surface area (Å²) in [6.07, 6.45) is 2.42. The zero-order chi connectivity index (χ0) is 14.3. The molecule has 0 bridgehead atoms. The van der Waals surface area contributed by atoms with Gasteiger partial charge < -0.3 is 9.64 Å². The molecule has 1 rings (SSSR count). The first kappa shape index (κ1) is 15.7. The Kier molecular flexibility index (Phi) is 6.57. The molecule has 1 aromatic carbocycles. The highest BCUT2D eigenvalue weighted by Crippen LogP contribution is 2.11. The van der Waals surface area contributed by atoms with E-state index in [0.717, 1.165) is 25.9 Å². The van der Waals surface area contributed by atoms with Crippen LogP contribution in [0.1, 0.15) is 29.5 Å². The number of carbonyl (C=O) groups excluding carboxylic acids is 1. The van der Waals surface area contributed by atoms with E-state index in [0.29, 0.717) is 6.42 Å². The highest BCUT2D eigenvalue weighted by atomic mass is 16.5. The van der Waals surface area contributed by atoms with E-state index in [9.17, 15) is 4.79 Å². The van der Waals surface area contributed by atoms with Crippen molar-refractivity contribution in [2.75, 3.05) is 27.2 Å². The van der Waals surface area contributed by atoms with Gasteiger partial charge in [-0.1, -0.05) is 23.8 Å². The van der Waals surface area contributed by atoms with Crippen LogP contribution in [0, 0.1) is 13.8 Å². The number of likely N-dealkylation sites (N-methyl/N-ethyl adjacent to an activating group) is 1. The number of benzene rings is 1. The Morgan fingerprint density at radius 2 is 2.00 bits per heavy atom. The summed E-state index contributed by atoms with van der Waals surface area (Å²) in [6.45, 7) is 6.24. The third-order valence-corrected chi connectivity index (χ3v) is 3.41. The van der Waals surface area contributed by atoms with Crippen molar-refractivity contribution in [2.45, 2.75) is 33.1 Å². The first-order valence-corrected chi connectivity index (χ1v) is 6.84. The standard InChI is InChI=1S/C16H25NO2/c1-13-7-8-15(14(2)12-13)9-11-17(3)10-5-6-16(18)19-4/h7-8,12H,5-6,9-11H2,1-4H3. The molecule has 19 heavy (non-hydrogen) atoms. The monoisotopic (exact) mass is 263 g/mol. The minimum atomic E-state index is -0.122. The lowest BCUT2D eigenvalue weighted by molar-refractivity contribution is -0.140. The molecule has 106 valence electrons. The summed E-state index contributed by atoms with van der Waals surface area (Å²) in [4.78, 5) is 13.3. The van der Waals surface area contributed by atoms with Crippen molar-refractivity contribution in [2.24, 2.45) is 0 Å². The van der Waals surface area contributed by atoms with Gasteiger partial charge in [-0.05, 0) is 51.4 Å². The van der Waals surface area contributed by atoms with Crippen molar-refractivity contribution in [1.29, 1.82) is 0 Å². The summed E-state index contributed by atoms with van der Waals surface area (Å²) in [6, 6.07) is 6.61. The molecule has 0 unspecified atom stereocenters. The Labute approximate surface area is 116 Å². The summed E-state index contributed by atoms with van der Waals surface area (Å²) in [5, 5.41) is 0. The average Bonchev–Trinajstić information content (AvgIpc) is 2.37. The molecule has 0 radical (unpaired) electrons. The van der Waals surface area contributed by atoms with Gasteiger partial charge in [0.25, 0.3) is 0 Å². The van der Waals surface area contributed by atoms with Gasteiger partial charge in [-0.25, -0.2) is 0 Å². The molecule has 0 amide bonds. The fourth-order valence-corrected chi connectivity index (χ4v) is 2.14. The van der Waals surface area contributed by atoms with Crippen LogP contribution in [0.3, 0.4) is 0 Å². The Bertz CT molecular complexity index is 415. The lowest BCUT2D eigenvalue weighted by atomic mass is 10.0. The SMILES string of the molecule is COC(=O)CCCN(C)CCc1ccc(C)cc1C. The Morgan fingerprint density at radius 3 is 2.63 bits per heavy atom. The molecule has 0 spiro atoms. The number of aryl methyl sites for hydroxylation is 2. The van der Waals surface area contributed by atoms with Crippen LogP contribution >= 0.6 is 0 Å². The molecule has 0 saturated carbocycles. The van der Waals surface area contributed by atoms with Crippen molar-refractivity contribution in [3.63, 3.8) is 0 Å². The fraction of sp³-hybridized carbons (Fsp3) is 0.562. The van der Waals surface area contributed by atoms with Crippen LogP contribution in [-0.2, 0) is 16.0 Å². The van der Waals surface area contributed by atoms with E-state index in [1.807, 2.05) is 0 Å². The number of esters is 1. The van der Waals surface area contributed by atoms with Crippen molar-refractivity contribution in [3.8, 4) is 0 Å². The largest absolute Gasteiger partial charge is 0.469 e. The predicted octanol–water partition coefficient (Wildman–Crippen LogP) is 2.73. The van der Waals surface area contributed by atoms with Crippen LogP contribution < -0.4 is 0 Å². The third-order valence-electron chi connectivity index (χ3n) is 3.41. The molecule has 0 atom stereocenters. The molecule has 1 aromatic rings. The van der Waals surface area contributed by atoms with E-state index in [1.54, 1.807) is 0 Å². The van der Waals surface area contributed by atoms with Crippen LogP contribution in [0.4, 0.5) is 0 Å². The first-order valence-electron chi connectivity index (χ1n) is 6.84. The van der Waals surface area contributed by atoms with E-state index in [1.165, 1.54) is 23.8 Å². The number of rotatable bonds is 7. The van der Waals surface area contributed by atoms with Crippen LogP contribution in [0.5, 0.6) is 0 Å². The minimum absolute atomic E-state index is 0.122. The van der Waals surface area contributed by atoms with Gasteiger partial charge >= 0.3 is 5.97 Å². The van der Waals surface area contributed by atoms with E-state index in [2.05, 4.69) is 48.7 Å². The van der Waals surface area contributed by atoms with Crippen LogP contribution in [-0.4, -0.2) is 38.1 Å². The summed E-state index contributed by atoms with van der Waals surface area (Å²) < 4.78 is 4.63. The second-order valence-corrected chi connectivity index (χ2v) is 5.16. The summed E-state index contributed by atoms with van der Waals surface area (Å²) in [5.41, 5.74) is 4.08. The van der Waals surface area contributed by atoms with Gasteiger partial charge in [0, 0.05) is 13.0 Å². The van der Waals surface area contributed by atoms with Crippen LogP contribution in [0.25, 0.3) is 0 Å². The van der Waals surface area contributed by atoms with Crippen molar-refractivity contribution in [1.82, 2.24) is 4.90 Å². The van der Waals surface area contributed by atoms with Gasteiger partial charge in [-0.2, -0.15) is 0 Å². The second-order valence-electron chi connectivity index (χ2n) is 5.16. The number of hydrogen-bond donors (Lipinski definition) is 0. The van der Waals surface area contributed by atoms with Gasteiger partial charge in [0.1, 0.15) is 0 Å². The molecule has 0 aliphatic heterocycles. The highest BCUT2D eigenvalue weighted by Gasteiger charge is 2.04. The lowest BCUT2D eigenvalue weighted by Crippen LogP contribution is -2.23. The number of carbonyl (C=O) groups is 1. The van der Waals surface area contributed by atoms with Crippen LogP contribution in [0.2, 0.25) is 0 Å². The van der Waals surface area contributed by atoms with E-state index < -0.39 is 0 Å². The molecule has 0 aliphatic carbocycles. The predicted molar refractivity (Wildman–Crippen MR) is 78.4 cm³/mol. The van der Waals surface area contributed by atoms with E-state index >= 15 is 0 Å². The molecule has 0 N–H and O–H groups in total. The smallest absolute Gasteiger partial charge is 0.305 e. The van der Waals surface area contributed by atoms with Crippen LogP contribution in [0.15, 0.2) is 18.2 Å². The summed E-state index contributed by atoms with van der Waals surface area (Å²) in [7, 11) is 3.53. The maximum Gasteiger partial charge on any atom is 0.305 e. The summed E-state index contributed by atoms with van der Waals surface area (Å²) >= 11 is 0. The Morgan fingerprint density at radius 1 is 1.26 bits per heavy atom. The van der Waals surface area contributed by atoms with Gasteiger partial charge in [-0.15, -0.1) is 0 Å². The molecule has 3 nitrogen and oxygen atoms in total. The van der Waals surface area contributed by atoms with Crippen molar-refractivity contribution in [3.05, 3.63) is 34.9 Å². The second kappa shape index (κ2) is 7.95. The van der Waals surface area contributed by atoms with Gasteiger partial charge in [0.05, 0.1) is 7.11 Å². The van der Waals surface area contributed by atoms with Crippen molar-refractivity contribution >= 4 is 5.97 Å². The fourth-order valence-electron chi connectivity index (χ4n) is 2.14. The number of nitrogens with zero attached hydrogens (tertiary/aromatic N) is 1. The van der Waals surface area contributed by atoms with E-state index in [4.69, 9.17) is 0 Å². The third kappa shape index (κ3) is 5.88. The molecule has 0 heterocycles. The minimum Gasteiger partial charge on any atom is -0.469 e. The topological polar surface area (TPSA) is 29.5 Å². The molecule has 0 fully saturated rings. The van der Waals surface area contributed by atoms with Gasteiger partial charge in [0.2, 0.25) is 0 Å². The molecular formula is C16H25NO2.